The van der Waals surface area contributed by atoms with Crippen molar-refractivity contribution >= 4 is 40.7 Å². The van der Waals surface area contributed by atoms with Crippen LogP contribution in [0.2, 0.25) is 0 Å². The van der Waals surface area contributed by atoms with Gasteiger partial charge >= 0.3 is 0 Å². The van der Waals surface area contributed by atoms with Gasteiger partial charge in [0.05, 0.1) is 11.8 Å². The summed E-state index contributed by atoms with van der Waals surface area (Å²) in [5, 5.41) is 8.09. The van der Waals surface area contributed by atoms with E-state index in [0.29, 0.717) is 24.6 Å². The van der Waals surface area contributed by atoms with E-state index in [9.17, 15) is 9.59 Å². The Hall–Kier alpha value is -2.00. The summed E-state index contributed by atoms with van der Waals surface area (Å²) >= 11 is 1.39. The molecule has 2 amide bonds. The number of rotatable bonds is 7. The molecule has 1 fully saturated rings. The maximum Gasteiger partial charge on any atom is 0.255 e. The quantitative estimate of drug-likeness (QED) is 0.632. The predicted molar refractivity (Wildman–Crippen MR) is 113 cm³/mol. The summed E-state index contributed by atoms with van der Waals surface area (Å²) in [5.41, 5.74) is 8.52. The van der Waals surface area contributed by atoms with Crippen LogP contribution in [-0.4, -0.2) is 42.1 Å². The van der Waals surface area contributed by atoms with Crippen LogP contribution in [0.25, 0.3) is 11.3 Å². The van der Waals surface area contributed by atoms with Gasteiger partial charge in [0.15, 0.2) is 5.13 Å². The van der Waals surface area contributed by atoms with Crippen molar-refractivity contribution in [2.24, 2.45) is 5.73 Å². The monoisotopic (exact) mass is 424 g/mol. The zero-order valence-corrected chi connectivity index (χ0v) is 17.3. The number of amides is 2. The molecule has 0 saturated carbocycles. The maximum absolute atomic E-state index is 12.3. The van der Waals surface area contributed by atoms with Crippen molar-refractivity contribution in [2.45, 2.75) is 38.4 Å². The van der Waals surface area contributed by atoms with Gasteiger partial charge in [-0.1, -0.05) is 24.3 Å². The number of thiazole rings is 1. The van der Waals surface area contributed by atoms with Gasteiger partial charge in [-0.05, 0) is 24.8 Å². The number of carbonyl (C=O) groups is 2. The molecule has 0 bridgehead atoms. The number of nitrogens with one attached hydrogen (secondary N) is 2. The second kappa shape index (κ2) is 10.5. The second-order valence-corrected chi connectivity index (χ2v) is 7.37. The molecule has 3 rings (SSSR count). The molecule has 0 unspecified atom stereocenters. The topological polar surface area (TPSA) is 106 Å². The highest BCUT2D eigenvalue weighted by molar-refractivity contribution is 7.14. The number of hydrogen-bond donors (Lipinski definition) is 3. The third-order valence-electron chi connectivity index (χ3n) is 4.43. The van der Waals surface area contributed by atoms with Gasteiger partial charge in [-0.2, -0.15) is 0 Å². The minimum Gasteiger partial charge on any atom is -0.364 e. The molecule has 1 saturated heterocycles. The third-order valence-corrected chi connectivity index (χ3v) is 5.19. The van der Waals surface area contributed by atoms with Gasteiger partial charge in [-0.25, -0.2) is 4.98 Å². The van der Waals surface area contributed by atoms with E-state index in [1.807, 2.05) is 29.6 Å². The maximum atomic E-state index is 12.3. The lowest BCUT2D eigenvalue weighted by atomic mass is 10.1. The van der Waals surface area contributed by atoms with Gasteiger partial charge in [0.2, 0.25) is 5.91 Å². The van der Waals surface area contributed by atoms with Crippen molar-refractivity contribution in [2.75, 3.05) is 18.4 Å². The summed E-state index contributed by atoms with van der Waals surface area (Å²) in [6.07, 6.45) is 1.80. The van der Waals surface area contributed by atoms with E-state index in [1.165, 1.54) is 18.3 Å². The Morgan fingerprint density at radius 1 is 1.29 bits per heavy atom. The van der Waals surface area contributed by atoms with Crippen molar-refractivity contribution in [3.05, 3.63) is 35.2 Å². The molecule has 2 atom stereocenters. The molecule has 1 aliphatic heterocycles. The van der Waals surface area contributed by atoms with Crippen molar-refractivity contribution in [3.8, 4) is 11.3 Å². The summed E-state index contributed by atoms with van der Waals surface area (Å²) in [4.78, 5) is 27.7. The van der Waals surface area contributed by atoms with Gasteiger partial charge < -0.3 is 15.8 Å². The van der Waals surface area contributed by atoms with Crippen LogP contribution in [0.15, 0.2) is 29.6 Å². The minimum atomic E-state index is -0.450. The normalized spacial score (nSPS) is 18.4. The summed E-state index contributed by atoms with van der Waals surface area (Å²) < 4.78 is 5.61. The molecular weight excluding hydrogens is 400 g/mol. The Bertz CT molecular complexity index is 797. The highest BCUT2D eigenvalue weighted by atomic mass is 35.5. The standard InChI is InChI=1S/C19H24N4O3S.ClH/c1-12(24)21-9-8-13-2-4-14(5-3-13)16-11-27-19(22-16)23-18(25)17-7-6-15(10-20)26-17;/h2-5,11,15,17H,6-10,20H2,1H3,(H,21,24)(H,22,23,25);1H/t15-,17+;/m1./s1. The zero-order chi connectivity index (χ0) is 19.2. The summed E-state index contributed by atoms with van der Waals surface area (Å²) in [7, 11) is 0. The smallest absolute Gasteiger partial charge is 0.255 e. The Labute approximate surface area is 174 Å². The number of ether oxygens (including phenoxy) is 1. The molecule has 9 heteroatoms. The summed E-state index contributed by atoms with van der Waals surface area (Å²) in [5.74, 6) is -0.189. The van der Waals surface area contributed by atoms with E-state index < -0.39 is 6.10 Å². The molecule has 152 valence electrons. The molecule has 1 aromatic carbocycles. The fourth-order valence-electron chi connectivity index (χ4n) is 2.95. The first-order valence-electron chi connectivity index (χ1n) is 9.01. The third kappa shape index (κ3) is 6.00. The lowest BCUT2D eigenvalue weighted by molar-refractivity contribution is -0.126. The van der Waals surface area contributed by atoms with Crippen LogP contribution in [0.4, 0.5) is 5.13 Å². The van der Waals surface area contributed by atoms with Crippen LogP contribution < -0.4 is 16.4 Å². The second-order valence-electron chi connectivity index (χ2n) is 6.52. The molecule has 7 nitrogen and oxygen atoms in total. The molecule has 0 radical (unpaired) electrons. The first-order chi connectivity index (χ1) is 13.0. The minimum absolute atomic E-state index is 0. The highest BCUT2D eigenvalue weighted by Crippen LogP contribution is 2.26. The van der Waals surface area contributed by atoms with E-state index in [-0.39, 0.29) is 30.3 Å². The SMILES string of the molecule is CC(=O)NCCc1ccc(-c2csc(NC(=O)[C@@H]3CC[C@H](CN)O3)n2)cc1.Cl. The number of aromatic nitrogens is 1. The van der Waals surface area contributed by atoms with Crippen LogP contribution in [0, 0.1) is 0 Å². The molecule has 1 aliphatic rings. The number of anilines is 1. The van der Waals surface area contributed by atoms with E-state index >= 15 is 0 Å². The zero-order valence-electron chi connectivity index (χ0n) is 15.6. The summed E-state index contributed by atoms with van der Waals surface area (Å²) in [6.45, 7) is 2.57. The van der Waals surface area contributed by atoms with E-state index in [1.54, 1.807) is 0 Å². The van der Waals surface area contributed by atoms with Crippen LogP contribution in [0.1, 0.15) is 25.3 Å². The molecule has 4 N–H and O–H groups in total. The predicted octanol–water partition coefficient (Wildman–Crippen LogP) is 2.36. The first kappa shape index (κ1) is 22.3. The molecule has 1 aromatic heterocycles. The first-order valence-corrected chi connectivity index (χ1v) is 9.89. The molecule has 0 aliphatic carbocycles. The lowest BCUT2D eigenvalue weighted by Crippen LogP contribution is -2.29. The van der Waals surface area contributed by atoms with Crippen LogP contribution >= 0.6 is 23.7 Å². The Morgan fingerprint density at radius 2 is 2.04 bits per heavy atom. The summed E-state index contributed by atoms with van der Waals surface area (Å²) in [6, 6.07) is 8.04. The van der Waals surface area contributed by atoms with Crippen LogP contribution in [-0.2, 0) is 20.7 Å². The van der Waals surface area contributed by atoms with Gasteiger partial charge in [-0.15, -0.1) is 23.7 Å². The molecule has 28 heavy (non-hydrogen) atoms. The number of hydrogen-bond acceptors (Lipinski definition) is 6. The van der Waals surface area contributed by atoms with E-state index in [2.05, 4.69) is 15.6 Å². The molecule has 2 aromatic rings. The van der Waals surface area contributed by atoms with Crippen molar-refractivity contribution < 1.29 is 14.3 Å². The van der Waals surface area contributed by atoms with Gasteiger partial charge in [0.25, 0.3) is 5.91 Å². The largest absolute Gasteiger partial charge is 0.364 e. The highest BCUT2D eigenvalue weighted by Gasteiger charge is 2.30. The number of nitrogens with zero attached hydrogens (tertiary/aromatic N) is 1. The fourth-order valence-corrected chi connectivity index (χ4v) is 3.67. The van der Waals surface area contributed by atoms with Crippen LogP contribution in [0.5, 0.6) is 0 Å². The van der Waals surface area contributed by atoms with Crippen LogP contribution in [0.3, 0.4) is 0 Å². The van der Waals surface area contributed by atoms with Gasteiger partial charge in [0.1, 0.15) is 6.10 Å². The molecule has 2 heterocycles. The Balaban J connectivity index is 0.00000280. The van der Waals surface area contributed by atoms with Crippen molar-refractivity contribution in [3.63, 3.8) is 0 Å². The number of carbonyl (C=O) groups excluding carboxylic acids is 2. The van der Waals surface area contributed by atoms with Crippen molar-refractivity contribution in [1.82, 2.24) is 10.3 Å². The van der Waals surface area contributed by atoms with E-state index in [4.69, 9.17) is 10.5 Å². The van der Waals surface area contributed by atoms with Gasteiger partial charge in [0, 0.05) is 31.0 Å². The Kier molecular flexibility index (Phi) is 8.37. The van der Waals surface area contributed by atoms with Crippen molar-refractivity contribution in [1.29, 1.82) is 0 Å². The number of halogens is 1. The fraction of sp³-hybridized carbons (Fsp3) is 0.421. The average molecular weight is 425 g/mol. The number of benzene rings is 1. The van der Waals surface area contributed by atoms with Gasteiger partial charge in [-0.3, -0.25) is 14.9 Å². The molecular formula is C19H25ClN4O3S. The molecule has 0 spiro atoms. The average Bonchev–Trinajstić information content (AvgIpc) is 3.31. The lowest BCUT2D eigenvalue weighted by Gasteiger charge is -2.11. The number of nitrogens with two attached hydrogens (primary N) is 1. The van der Waals surface area contributed by atoms with E-state index in [0.717, 1.165) is 29.7 Å². The Morgan fingerprint density at radius 3 is 2.68 bits per heavy atom.